The fourth-order valence-corrected chi connectivity index (χ4v) is 3.46. The number of aromatic nitrogens is 3. The number of hydrogen-bond donors (Lipinski definition) is 1. The van der Waals surface area contributed by atoms with E-state index in [1.165, 1.54) is 6.33 Å². The molecule has 1 saturated heterocycles. The largest absolute Gasteiger partial charge is 0.325 e. The third-order valence-corrected chi connectivity index (χ3v) is 5.02. The highest BCUT2D eigenvalue weighted by Gasteiger charge is 2.34. The Morgan fingerprint density at radius 2 is 1.89 bits per heavy atom. The summed E-state index contributed by atoms with van der Waals surface area (Å²) in [5.41, 5.74) is 3.17. The van der Waals surface area contributed by atoms with Crippen molar-refractivity contribution in [3.63, 3.8) is 0 Å². The number of carbonyl (C=O) groups excluding carboxylic acids is 2. The highest BCUT2D eigenvalue weighted by Crippen LogP contribution is 2.25. The average molecular weight is 375 g/mol. The standard InChI is InChI=1S/C21H21N5O2/c1-14-7-9-16(10-8-14)26-11-15(2)25(12-19(26)27)21(28)18-6-4-3-5-17(18)20-22-13-23-24-20/h3-10,13,15H,11-12H2,1-2H3,(H,22,23,24)/t15-/m1/s1. The summed E-state index contributed by atoms with van der Waals surface area (Å²) in [5, 5.41) is 6.66. The number of anilines is 1. The Morgan fingerprint density at radius 1 is 1.14 bits per heavy atom. The number of H-pyrrole nitrogens is 1. The summed E-state index contributed by atoms with van der Waals surface area (Å²) in [5.74, 6) is 0.255. The molecule has 0 unspecified atom stereocenters. The van der Waals surface area contributed by atoms with E-state index in [2.05, 4.69) is 15.2 Å². The topological polar surface area (TPSA) is 82.2 Å². The van der Waals surface area contributed by atoms with Gasteiger partial charge in [-0.05, 0) is 32.0 Å². The number of aryl methyl sites for hydroxylation is 1. The molecule has 1 aliphatic heterocycles. The zero-order chi connectivity index (χ0) is 19.7. The molecule has 0 radical (unpaired) electrons. The van der Waals surface area contributed by atoms with Crippen molar-refractivity contribution in [3.8, 4) is 11.4 Å². The fraction of sp³-hybridized carbons (Fsp3) is 0.238. The van der Waals surface area contributed by atoms with E-state index in [9.17, 15) is 9.59 Å². The summed E-state index contributed by atoms with van der Waals surface area (Å²) in [6.07, 6.45) is 1.41. The second-order valence-corrected chi connectivity index (χ2v) is 7.00. The molecule has 0 spiro atoms. The molecule has 1 N–H and O–H groups in total. The Hall–Kier alpha value is -3.48. The Bertz CT molecular complexity index is 998. The van der Waals surface area contributed by atoms with Crippen LogP contribution in [-0.4, -0.2) is 51.0 Å². The van der Waals surface area contributed by atoms with Gasteiger partial charge in [0.25, 0.3) is 5.91 Å². The lowest BCUT2D eigenvalue weighted by atomic mass is 10.0. The SMILES string of the molecule is Cc1ccc(N2C[C@@H](C)N(C(=O)c3ccccc3-c3ncn[nH]3)CC2=O)cc1. The molecule has 1 fully saturated rings. The molecule has 1 aliphatic rings. The lowest BCUT2D eigenvalue weighted by molar-refractivity contribution is -0.121. The van der Waals surface area contributed by atoms with Crippen molar-refractivity contribution in [2.45, 2.75) is 19.9 Å². The molecule has 7 nitrogen and oxygen atoms in total. The molecule has 28 heavy (non-hydrogen) atoms. The number of nitrogens with one attached hydrogen (secondary N) is 1. The van der Waals surface area contributed by atoms with E-state index < -0.39 is 0 Å². The first-order valence-electron chi connectivity index (χ1n) is 9.17. The van der Waals surface area contributed by atoms with Crippen LogP contribution in [0, 0.1) is 6.92 Å². The van der Waals surface area contributed by atoms with Crippen LogP contribution < -0.4 is 4.90 Å². The normalized spacial score (nSPS) is 17.1. The highest BCUT2D eigenvalue weighted by atomic mass is 16.2. The van der Waals surface area contributed by atoms with Crippen molar-refractivity contribution >= 4 is 17.5 Å². The smallest absolute Gasteiger partial charge is 0.255 e. The number of aromatic amines is 1. The quantitative estimate of drug-likeness (QED) is 0.763. The van der Waals surface area contributed by atoms with E-state index in [0.717, 1.165) is 11.3 Å². The van der Waals surface area contributed by atoms with Gasteiger partial charge in [-0.2, -0.15) is 5.10 Å². The second kappa shape index (κ2) is 7.26. The van der Waals surface area contributed by atoms with Crippen LogP contribution in [0.15, 0.2) is 54.9 Å². The van der Waals surface area contributed by atoms with Gasteiger partial charge in [0.2, 0.25) is 5.91 Å². The van der Waals surface area contributed by atoms with E-state index in [1.807, 2.05) is 56.3 Å². The first-order chi connectivity index (χ1) is 13.5. The maximum Gasteiger partial charge on any atom is 0.255 e. The zero-order valence-electron chi connectivity index (χ0n) is 15.8. The number of nitrogens with zero attached hydrogens (tertiary/aromatic N) is 4. The minimum atomic E-state index is -0.184. The zero-order valence-corrected chi connectivity index (χ0v) is 15.8. The number of carbonyl (C=O) groups is 2. The first kappa shape index (κ1) is 17.9. The first-order valence-corrected chi connectivity index (χ1v) is 9.17. The van der Waals surface area contributed by atoms with Gasteiger partial charge in [0.1, 0.15) is 12.9 Å². The molecule has 0 aliphatic carbocycles. The number of rotatable bonds is 3. The van der Waals surface area contributed by atoms with Crippen molar-refractivity contribution in [1.82, 2.24) is 20.1 Å². The summed E-state index contributed by atoms with van der Waals surface area (Å²) in [6.45, 7) is 4.47. The summed E-state index contributed by atoms with van der Waals surface area (Å²) in [7, 11) is 0. The molecular formula is C21H21N5O2. The fourth-order valence-electron chi connectivity index (χ4n) is 3.46. The van der Waals surface area contributed by atoms with Gasteiger partial charge in [0.15, 0.2) is 5.82 Å². The minimum Gasteiger partial charge on any atom is -0.325 e. The predicted molar refractivity (Wildman–Crippen MR) is 106 cm³/mol. The molecule has 2 amide bonds. The monoisotopic (exact) mass is 375 g/mol. The molecule has 2 heterocycles. The lowest BCUT2D eigenvalue weighted by Gasteiger charge is -2.39. The van der Waals surface area contributed by atoms with Gasteiger partial charge in [0.05, 0.1) is 5.56 Å². The highest BCUT2D eigenvalue weighted by molar-refractivity contribution is 6.04. The molecule has 1 aromatic heterocycles. The summed E-state index contributed by atoms with van der Waals surface area (Å²) in [6, 6.07) is 15.0. The van der Waals surface area contributed by atoms with Crippen LogP contribution in [0.1, 0.15) is 22.8 Å². The molecule has 7 heteroatoms. The molecule has 1 atom stereocenters. The van der Waals surface area contributed by atoms with Gasteiger partial charge in [0, 0.05) is 23.8 Å². The summed E-state index contributed by atoms with van der Waals surface area (Å²) < 4.78 is 0. The molecule has 2 aromatic carbocycles. The molecule has 4 rings (SSSR count). The molecular weight excluding hydrogens is 354 g/mol. The van der Waals surface area contributed by atoms with E-state index in [-0.39, 0.29) is 24.4 Å². The van der Waals surface area contributed by atoms with Crippen LogP contribution in [0.4, 0.5) is 5.69 Å². The van der Waals surface area contributed by atoms with Gasteiger partial charge >= 0.3 is 0 Å². The average Bonchev–Trinajstić information content (AvgIpc) is 3.24. The Balaban J connectivity index is 1.59. The summed E-state index contributed by atoms with van der Waals surface area (Å²) >= 11 is 0. The third-order valence-electron chi connectivity index (χ3n) is 5.02. The van der Waals surface area contributed by atoms with Crippen molar-refractivity contribution < 1.29 is 9.59 Å². The Kier molecular flexibility index (Phi) is 4.65. The van der Waals surface area contributed by atoms with Gasteiger partial charge in [-0.15, -0.1) is 0 Å². The lowest BCUT2D eigenvalue weighted by Crippen LogP contribution is -2.57. The van der Waals surface area contributed by atoms with Crippen molar-refractivity contribution in [2.75, 3.05) is 18.0 Å². The van der Waals surface area contributed by atoms with E-state index in [1.54, 1.807) is 15.9 Å². The maximum absolute atomic E-state index is 13.3. The number of piperazine rings is 1. The number of benzene rings is 2. The Labute approximate surface area is 163 Å². The second-order valence-electron chi connectivity index (χ2n) is 7.00. The van der Waals surface area contributed by atoms with Gasteiger partial charge < -0.3 is 9.80 Å². The van der Waals surface area contributed by atoms with E-state index >= 15 is 0 Å². The van der Waals surface area contributed by atoms with E-state index in [4.69, 9.17) is 0 Å². The van der Waals surface area contributed by atoms with Gasteiger partial charge in [-0.3, -0.25) is 14.7 Å². The minimum absolute atomic E-state index is 0.0403. The third kappa shape index (κ3) is 3.26. The van der Waals surface area contributed by atoms with Crippen molar-refractivity contribution in [3.05, 3.63) is 66.0 Å². The predicted octanol–water partition coefficient (Wildman–Crippen LogP) is 2.66. The van der Waals surface area contributed by atoms with Crippen LogP contribution >= 0.6 is 0 Å². The van der Waals surface area contributed by atoms with Crippen LogP contribution in [0.5, 0.6) is 0 Å². The summed E-state index contributed by atoms with van der Waals surface area (Å²) in [4.78, 5) is 33.6. The Morgan fingerprint density at radius 3 is 2.61 bits per heavy atom. The van der Waals surface area contributed by atoms with Gasteiger partial charge in [-0.1, -0.05) is 35.9 Å². The van der Waals surface area contributed by atoms with E-state index in [0.29, 0.717) is 23.5 Å². The van der Waals surface area contributed by atoms with Crippen LogP contribution in [-0.2, 0) is 4.79 Å². The molecule has 3 aromatic rings. The van der Waals surface area contributed by atoms with Gasteiger partial charge in [-0.25, -0.2) is 4.98 Å². The van der Waals surface area contributed by atoms with Crippen LogP contribution in [0.2, 0.25) is 0 Å². The number of amides is 2. The molecule has 0 bridgehead atoms. The molecule has 0 saturated carbocycles. The molecule has 142 valence electrons. The van der Waals surface area contributed by atoms with Crippen LogP contribution in [0.3, 0.4) is 0 Å². The van der Waals surface area contributed by atoms with Crippen molar-refractivity contribution in [2.24, 2.45) is 0 Å². The number of hydrogen-bond acceptors (Lipinski definition) is 4. The van der Waals surface area contributed by atoms with Crippen molar-refractivity contribution in [1.29, 1.82) is 0 Å². The van der Waals surface area contributed by atoms with Crippen LogP contribution in [0.25, 0.3) is 11.4 Å². The maximum atomic E-state index is 13.3.